The van der Waals surface area contributed by atoms with Gasteiger partial charge in [-0.2, -0.15) is 0 Å². The van der Waals surface area contributed by atoms with Gasteiger partial charge in [0.2, 0.25) is 0 Å². The smallest absolute Gasteiger partial charge is 0.147 e. The number of nitrogens with zero attached hydrogens (tertiary/aromatic N) is 4. The van der Waals surface area contributed by atoms with Crippen LogP contribution in [0.3, 0.4) is 0 Å². The van der Waals surface area contributed by atoms with Gasteiger partial charge in [0.15, 0.2) is 0 Å². The molecule has 6 heteroatoms. The first kappa shape index (κ1) is 17.9. The molecule has 0 spiro atoms. The SMILES string of the molecule is CCc1nc2c(C(C)=N[S@+]([O-])C(C)(C)C)cc(C)cc2c2nccn12. The van der Waals surface area contributed by atoms with E-state index in [1.54, 1.807) is 6.20 Å². The zero-order chi connectivity index (χ0) is 18.4. The Morgan fingerprint density at radius 2 is 2.04 bits per heavy atom. The van der Waals surface area contributed by atoms with Gasteiger partial charge in [-0.05, 0) is 52.3 Å². The topological polar surface area (TPSA) is 65.6 Å². The van der Waals surface area contributed by atoms with Crippen molar-refractivity contribution in [2.75, 3.05) is 0 Å². The summed E-state index contributed by atoms with van der Waals surface area (Å²) < 4.78 is 18.5. The normalized spacial score (nSPS) is 14.4. The molecule has 1 atom stereocenters. The summed E-state index contributed by atoms with van der Waals surface area (Å²) in [6.45, 7) is 11.8. The number of aryl methyl sites for hydroxylation is 2. The lowest BCUT2D eigenvalue weighted by molar-refractivity contribution is 0.561. The van der Waals surface area contributed by atoms with E-state index in [4.69, 9.17) is 4.98 Å². The van der Waals surface area contributed by atoms with Crippen LogP contribution < -0.4 is 0 Å². The molecule has 0 aliphatic heterocycles. The second kappa shape index (κ2) is 6.42. The van der Waals surface area contributed by atoms with Gasteiger partial charge >= 0.3 is 0 Å². The highest BCUT2D eigenvalue weighted by molar-refractivity contribution is 7.91. The van der Waals surface area contributed by atoms with Gasteiger partial charge in [0, 0.05) is 29.8 Å². The van der Waals surface area contributed by atoms with Crippen molar-refractivity contribution in [1.29, 1.82) is 0 Å². The van der Waals surface area contributed by atoms with Crippen LogP contribution in [-0.2, 0) is 17.8 Å². The Morgan fingerprint density at radius 1 is 1.32 bits per heavy atom. The van der Waals surface area contributed by atoms with E-state index in [1.165, 1.54) is 0 Å². The highest BCUT2D eigenvalue weighted by Crippen LogP contribution is 2.26. The second-order valence-corrected chi connectivity index (χ2v) is 9.15. The molecule has 0 aliphatic carbocycles. The monoisotopic (exact) mass is 356 g/mol. The number of aromatic nitrogens is 3. The van der Waals surface area contributed by atoms with Gasteiger partial charge in [-0.15, -0.1) is 0 Å². The van der Waals surface area contributed by atoms with Gasteiger partial charge in [-0.25, -0.2) is 9.97 Å². The third kappa shape index (κ3) is 3.28. The predicted octanol–water partition coefficient (Wildman–Crippen LogP) is 4.02. The van der Waals surface area contributed by atoms with Crippen molar-refractivity contribution < 1.29 is 4.55 Å². The second-order valence-electron chi connectivity index (χ2n) is 7.25. The van der Waals surface area contributed by atoms with Crippen LogP contribution in [0, 0.1) is 6.92 Å². The molecule has 132 valence electrons. The Hall–Kier alpha value is -1.92. The van der Waals surface area contributed by atoms with Gasteiger partial charge < -0.3 is 4.55 Å². The van der Waals surface area contributed by atoms with Crippen LogP contribution in [0.1, 0.15) is 51.6 Å². The predicted molar refractivity (Wildman–Crippen MR) is 105 cm³/mol. The van der Waals surface area contributed by atoms with Crippen LogP contribution in [0.2, 0.25) is 0 Å². The lowest BCUT2D eigenvalue weighted by atomic mass is 10.0. The van der Waals surface area contributed by atoms with Crippen LogP contribution in [0.5, 0.6) is 0 Å². The maximum absolute atomic E-state index is 12.5. The molecule has 2 aromatic heterocycles. The molecule has 2 heterocycles. The first-order valence-electron chi connectivity index (χ1n) is 8.46. The molecular weight excluding hydrogens is 332 g/mol. The quantitative estimate of drug-likeness (QED) is 0.526. The fraction of sp³-hybridized carbons (Fsp3) is 0.421. The molecule has 0 amide bonds. The summed E-state index contributed by atoms with van der Waals surface area (Å²) in [5.74, 6) is 0.954. The van der Waals surface area contributed by atoms with Crippen molar-refractivity contribution in [1.82, 2.24) is 14.4 Å². The standard InChI is InChI=1S/C19H24N4OS/c1-7-16-21-17-14(13(3)22-25(24)19(4,5)6)10-12(2)11-15(17)18-20-8-9-23(16)18/h8-11H,7H2,1-6H3/t25-/m1/s1. The first-order valence-corrected chi connectivity index (χ1v) is 9.57. The molecule has 1 aromatic carbocycles. The summed E-state index contributed by atoms with van der Waals surface area (Å²) in [7, 11) is 0. The Morgan fingerprint density at radius 3 is 2.68 bits per heavy atom. The van der Waals surface area contributed by atoms with Crippen molar-refractivity contribution >= 4 is 33.6 Å². The molecule has 0 fully saturated rings. The van der Waals surface area contributed by atoms with E-state index in [0.717, 1.165) is 45.6 Å². The van der Waals surface area contributed by atoms with E-state index < -0.39 is 11.4 Å². The third-order valence-corrected chi connectivity index (χ3v) is 5.59. The van der Waals surface area contributed by atoms with Crippen LogP contribution in [0.4, 0.5) is 0 Å². The number of benzene rings is 1. The minimum absolute atomic E-state index is 0.390. The number of hydrogen-bond acceptors (Lipinski definition) is 4. The number of fused-ring (bicyclic) bond motifs is 3. The van der Waals surface area contributed by atoms with Crippen LogP contribution >= 0.6 is 0 Å². The maximum Gasteiger partial charge on any atom is 0.147 e. The molecule has 3 rings (SSSR count). The lowest BCUT2D eigenvalue weighted by Gasteiger charge is -2.19. The summed E-state index contributed by atoms with van der Waals surface area (Å²) in [4.78, 5) is 9.39. The molecule has 0 bridgehead atoms. The van der Waals surface area contributed by atoms with E-state index >= 15 is 0 Å². The van der Waals surface area contributed by atoms with Crippen molar-refractivity contribution in [3.63, 3.8) is 0 Å². The zero-order valence-electron chi connectivity index (χ0n) is 15.6. The van der Waals surface area contributed by atoms with Crippen molar-refractivity contribution in [3.8, 4) is 0 Å². The maximum atomic E-state index is 12.5. The van der Waals surface area contributed by atoms with Gasteiger partial charge in [0.1, 0.15) is 27.6 Å². The molecule has 0 aliphatic rings. The van der Waals surface area contributed by atoms with E-state index in [0.29, 0.717) is 0 Å². The van der Waals surface area contributed by atoms with E-state index in [9.17, 15) is 4.55 Å². The molecule has 0 unspecified atom stereocenters. The Labute approximate surface area is 151 Å². The average molecular weight is 356 g/mol. The Balaban J connectivity index is 2.30. The summed E-state index contributed by atoms with van der Waals surface area (Å²) in [5, 5.41) is 0.994. The summed E-state index contributed by atoms with van der Waals surface area (Å²) in [6, 6.07) is 4.16. The van der Waals surface area contributed by atoms with Crippen LogP contribution in [0.15, 0.2) is 28.9 Å². The van der Waals surface area contributed by atoms with E-state index in [2.05, 4.69) is 28.4 Å². The largest absolute Gasteiger partial charge is 0.591 e. The zero-order valence-corrected chi connectivity index (χ0v) is 16.4. The summed E-state index contributed by atoms with van der Waals surface area (Å²) in [5.41, 5.74) is 4.54. The molecule has 5 nitrogen and oxygen atoms in total. The van der Waals surface area contributed by atoms with Crippen LogP contribution in [-0.4, -0.2) is 29.4 Å². The first-order chi connectivity index (χ1) is 11.7. The van der Waals surface area contributed by atoms with Gasteiger partial charge in [0.05, 0.1) is 11.2 Å². The van der Waals surface area contributed by atoms with Gasteiger partial charge in [0.25, 0.3) is 0 Å². The molecular formula is C19H24N4OS. The summed E-state index contributed by atoms with van der Waals surface area (Å²) in [6.07, 6.45) is 4.55. The number of imidazole rings is 1. The molecule has 0 saturated carbocycles. The van der Waals surface area contributed by atoms with Crippen molar-refractivity contribution in [3.05, 3.63) is 41.5 Å². The fourth-order valence-corrected chi connectivity index (χ4v) is 3.42. The van der Waals surface area contributed by atoms with Crippen molar-refractivity contribution in [2.45, 2.75) is 52.7 Å². The van der Waals surface area contributed by atoms with Crippen molar-refractivity contribution in [2.24, 2.45) is 4.40 Å². The van der Waals surface area contributed by atoms with Gasteiger partial charge in [-0.1, -0.05) is 11.3 Å². The number of rotatable bonds is 3. The minimum Gasteiger partial charge on any atom is -0.591 e. The average Bonchev–Trinajstić information content (AvgIpc) is 3.02. The highest BCUT2D eigenvalue weighted by Gasteiger charge is 2.27. The number of hydrogen-bond donors (Lipinski definition) is 0. The third-order valence-electron chi connectivity index (χ3n) is 4.10. The fourth-order valence-electron chi connectivity index (χ4n) is 2.80. The van der Waals surface area contributed by atoms with E-state index in [-0.39, 0.29) is 4.75 Å². The Bertz CT molecular complexity index is 969. The Kier molecular flexibility index (Phi) is 4.60. The highest BCUT2D eigenvalue weighted by atomic mass is 32.2. The molecule has 0 radical (unpaired) electrons. The van der Waals surface area contributed by atoms with Crippen LogP contribution in [0.25, 0.3) is 16.6 Å². The molecule has 3 aromatic rings. The minimum atomic E-state index is -1.30. The van der Waals surface area contributed by atoms with Gasteiger partial charge in [-0.3, -0.25) is 4.40 Å². The van der Waals surface area contributed by atoms with E-state index in [1.807, 2.05) is 45.2 Å². The molecule has 0 N–H and O–H groups in total. The summed E-state index contributed by atoms with van der Waals surface area (Å²) >= 11 is -1.30. The lowest BCUT2D eigenvalue weighted by Crippen LogP contribution is -2.26. The molecule has 25 heavy (non-hydrogen) atoms. The molecule has 0 saturated heterocycles.